The van der Waals surface area contributed by atoms with Crippen molar-refractivity contribution in [3.8, 4) is 0 Å². The van der Waals surface area contributed by atoms with Crippen molar-refractivity contribution in [3.05, 3.63) is 41.6 Å². The quantitative estimate of drug-likeness (QED) is 0.860. The third-order valence-electron chi connectivity index (χ3n) is 2.94. The van der Waals surface area contributed by atoms with Gasteiger partial charge in [-0.1, -0.05) is 0 Å². The highest BCUT2D eigenvalue weighted by molar-refractivity contribution is 5.88. The number of nitrogens with one attached hydrogen (secondary N) is 1. The Balaban J connectivity index is 1.97. The van der Waals surface area contributed by atoms with Crippen LogP contribution in [0.2, 0.25) is 0 Å². The molecule has 2 aromatic heterocycles. The zero-order chi connectivity index (χ0) is 14.7. The number of aromatic nitrogens is 2. The van der Waals surface area contributed by atoms with Crippen LogP contribution in [-0.4, -0.2) is 26.8 Å². The maximum absolute atomic E-state index is 11.9. The summed E-state index contributed by atoms with van der Waals surface area (Å²) in [4.78, 5) is 22.8. The van der Waals surface area contributed by atoms with Crippen LogP contribution in [0.5, 0.6) is 0 Å². The molecule has 0 aliphatic rings. The number of furan rings is 1. The first-order valence-corrected chi connectivity index (χ1v) is 6.08. The molecule has 0 radical (unpaired) electrons. The first-order chi connectivity index (χ1) is 9.49. The molecule has 20 heavy (non-hydrogen) atoms. The number of hydrogen-bond acceptors (Lipinski definition) is 4. The molecule has 1 amide bonds. The van der Waals surface area contributed by atoms with Crippen molar-refractivity contribution in [1.29, 1.82) is 0 Å². The smallest absolute Gasteiger partial charge is 0.339 e. The first kappa shape index (κ1) is 13.9. The van der Waals surface area contributed by atoms with Gasteiger partial charge in [-0.3, -0.25) is 9.48 Å². The molecule has 0 fully saturated rings. The lowest BCUT2D eigenvalue weighted by atomic mass is 10.2. The molecule has 0 spiro atoms. The molecule has 2 heterocycles. The summed E-state index contributed by atoms with van der Waals surface area (Å²) in [5.41, 5.74) is 0.106. The number of rotatable bonds is 5. The van der Waals surface area contributed by atoms with Crippen LogP contribution in [0.1, 0.15) is 34.8 Å². The van der Waals surface area contributed by atoms with E-state index in [0.717, 1.165) is 0 Å². The van der Waals surface area contributed by atoms with Crippen molar-refractivity contribution < 1.29 is 19.1 Å². The molecule has 0 aliphatic heterocycles. The molecule has 2 aromatic rings. The van der Waals surface area contributed by atoms with Gasteiger partial charge in [0.25, 0.3) is 0 Å². The highest BCUT2D eigenvalue weighted by atomic mass is 16.4. The number of nitrogens with zero attached hydrogens (tertiary/aromatic N) is 2. The zero-order valence-corrected chi connectivity index (χ0v) is 11.2. The van der Waals surface area contributed by atoms with E-state index in [4.69, 9.17) is 9.52 Å². The van der Waals surface area contributed by atoms with Gasteiger partial charge >= 0.3 is 5.97 Å². The third kappa shape index (κ3) is 2.87. The van der Waals surface area contributed by atoms with E-state index in [-0.39, 0.29) is 18.0 Å². The molecule has 0 aliphatic carbocycles. The summed E-state index contributed by atoms with van der Waals surface area (Å²) in [5.74, 6) is -0.545. The van der Waals surface area contributed by atoms with E-state index >= 15 is 0 Å². The van der Waals surface area contributed by atoms with Crippen molar-refractivity contribution in [2.75, 3.05) is 0 Å². The Bertz CT molecular complexity index is 616. The minimum Gasteiger partial charge on any atom is -0.478 e. The lowest BCUT2D eigenvalue weighted by molar-refractivity contribution is -0.124. The summed E-state index contributed by atoms with van der Waals surface area (Å²) in [6.07, 6.45) is 3.29. The molecule has 0 bridgehead atoms. The van der Waals surface area contributed by atoms with Crippen LogP contribution in [0.3, 0.4) is 0 Å². The van der Waals surface area contributed by atoms with Gasteiger partial charge in [0.15, 0.2) is 0 Å². The number of carboxylic acid groups (broad SMARTS) is 1. The molecule has 0 saturated carbocycles. The van der Waals surface area contributed by atoms with Crippen LogP contribution in [-0.2, 0) is 11.3 Å². The predicted molar refractivity (Wildman–Crippen MR) is 69.2 cm³/mol. The summed E-state index contributed by atoms with van der Waals surface area (Å²) >= 11 is 0. The largest absolute Gasteiger partial charge is 0.478 e. The number of carbonyl (C=O) groups excluding carboxylic acids is 1. The summed E-state index contributed by atoms with van der Waals surface area (Å²) in [5, 5.41) is 15.6. The van der Waals surface area contributed by atoms with Gasteiger partial charge in [-0.15, -0.1) is 0 Å². The Morgan fingerprint density at radius 3 is 2.85 bits per heavy atom. The normalized spacial score (nSPS) is 12.1. The van der Waals surface area contributed by atoms with Crippen molar-refractivity contribution in [1.82, 2.24) is 15.1 Å². The zero-order valence-electron chi connectivity index (χ0n) is 11.2. The second-order valence-corrected chi connectivity index (χ2v) is 4.37. The molecule has 106 valence electrons. The van der Waals surface area contributed by atoms with Crippen molar-refractivity contribution in [3.63, 3.8) is 0 Å². The van der Waals surface area contributed by atoms with Crippen molar-refractivity contribution in [2.24, 2.45) is 0 Å². The molecule has 2 rings (SSSR count). The minimum absolute atomic E-state index is 0.106. The van der Waals surface area contributed by atoms with Crippen LogP contribution >= 0.6 is 0 Å². The van der Waals surface area contributed by atoms with Gasteiger partial charge in [0.2, 0.25) is 5.91 Å². The number of carboxylic acids is 1. The van der Waals surface area contributed by atoms with Crippen LogP contribution in [0.15, 0.2) is 28.9 Å². The Kier molecular flexibility index (Phi) is 3.88. The predicted octanol–water partition coefficient (Wildman–Crippen LogP) is 1.36. The summed E-state index contributed by atoms with van der Waals surface area (Å²) < 4.78 is 6.81. The van der Waals surface area contributed by atoms with E-state index in [1.54, 1.807) is 32.3 Å². The number of carbonyl (C=O) groups is 2. The number of amides is 1. The standard InChI is InChI=1S/C13H15N3O4/c1-8(16-5-3-4-15-16)12(17)14-7-10-6-11(13(18)19)9(2)20-10/h3-6,8H,7H2,1-2H3,(H,14,17)(H,18,19). The van der Waals surface area contributed by atoms with Gasteiger partial charge in [-0.05, 0) is 26.0 Å². The number of aromatic carboxylic acids is 1. The highest BCUT2D eigenvalue weighted by Crippen LogP contribution is 2.14. The third-order valence-corrected chi connectivity index (χ3v) is 2.94. The molecule has 0 aromatic carbocycles. The van der Waals surface area contributed by atoms with E-state index in [0.29, 0.717) is 11.5 Å². The average molecular weight is 277 g/mol. The maximum atomic E-state index is 11.9. The summed E-state index contributed by atoms with van der Waals surface area (Å²) in [6.45, 7) is 3.43. The van der Waals surface area contributed by atoms with Crippen LogP contribution in [0.25, 0.3) is 0 Å². The lowest BCUT2D eigenvalue weighted by Gasteiger charge is -2.11. The van der Waals surface area contributed by atoms with Gasteiger partial charge in [0, 0.05) is 12.4 Å². The van der Waals surface area contributed by atoms with E-state index in [9.17, 15) is 9.59 Å². The molecule has 7 nitrogen and oxygen atoms in total. The van der Waals surface area contributed by atoms with E-state index in [1.807, 2.05) is 0 Å². The molecule has 1 atom stereocenters. The van der Waals surface area contributed by atoms with E-state index in [1.165, 1.54) is 10.7 Å². The van der Waals surface area contributed by atoms with Gasteiger partial charge in [0.05, 0.1) is 6.54 Å². The Morgan fingerprint density at radius 2 is 2.30 bits per heavy atom. The minimum atomic E-state index is -1.05. The van der Waals surface area contributed by atoms with E-state index in [2.05, 4.69) is 10.4 Å². The van der Waals surface area contributed by atoms with Crippen LogP contribution in [0, 0.1) is 6.92 Å². The fourth-order valence-corrected chi connectivity index (χ4v) is 1.79. The van der Waals surface area contributed by atoms with Gasteiger partial charge in [0.1, 0.15) is 23.1 Å². The monoisotopic (exact) mass is 277 g/mol. The van der Waals surface area contributed by atoms with E-state index < -0.39 is 12.0 Å². The van der Waals surface area contributed by atoms with Crippen LogP contribution in [0.4, 0.5) is 0 Å². The van der Waals surface area contributed by atoms with Crippen LogP contribution < -0.4 is 5.32 Å². The molecule has 7 heteroatoms. The lowest BCUT2D eigenvalue weighted by Crippen LogP contribution is -2.30. The molecule has 1 unspecified atom stereocenters. The maximum Gasteiger partial charge on any atom is 0.339 e. The van der Waals surface area contributed by atoms with Gasteiger partial charge in [-0.2, -0.15) is 5.10 Å². The van der Waals surface area contributed by atoms with Crippen molar-refractivity contribution >= 4 is 11.9 Å². The second-order valence-electron chi connectivity index (χ2n) is 4.37. The Morgan fingerprint density at radius 1 is 1.55 bits per heavy atom. The Labute approximate surface area is 115 Å². The average Bonchev–Trinajstić information content (AvgIpc) is 3.04. The molecular formula is C13H15N3O4. The van der Waals surface area contributed by atoms with Gasteiger partial charge < -0.3 is 14.8 Å². The molecular weight excluding hydrogens is 262 g/mol. The topological polar surface area (TPSA) is 97.4 Å². The molecule has 2 N–H and O–H groups in total. The highest BCUT2D eigenvalue weighted by Gasteiger charge is 2.17. The summed E-state index contributed by atoms with van der Waals surface area (Å²) in [6, 6.07) is 2.70. The fraction of sp³-hybridized carbons (Fsp3) is 0.308. The first-order valence-electron chi connectivity index (χ1n) is 6.08. The number of hydrogen-bond donors (Lipinski definition) is 2. The van der Waals surface area contributed by atoms with Crippen molar-refractivity contribution in [2.45, 2.75) is 26.4 Å². The Hall–Kier alpha value is -2.57. The number of aryl methyl sites for hydroxylation is 1. The molecule has 0 saturated heterocycles. The second kappa shape index (κ2) is 5.60. The summed E-state index contributed by atoms with van der Waals surface area (Å²) in [7, 11) is 0. The van der Waals surface area contributed by atoms with Gasteiger partial charge in [-0.25, -0.2) is 4.79 Å². The SMILES string of the molecule is Cc1oc(CNC(=O)C(C)n2cccn2)cc1C(=O)O. The fourth-order valence-electron chi connectivity index (χ4n) is 1.79.